The molecular formula is C24H27FN4. The Kier molecular flexibility index (Phi) is 4.43. The van der Waals surface area contributed by atoms with Crippen molar-refractivity contribution in [2.75, 3.05) is 18.8 Å². The molecule has 1 spiro atoms. The summed E-state index contributed by atoms with van der Waals surface area (Å²) in [6.45, 7) is 4.40. The number of allylic oxidation sites excluding steroid dienone is 2. The van der Waals surface area contributed by atoms with E-state index in [4.69, 9.17) is 5.73 Å². The van der Waals surface area contributed by atoms with Crippen molar-refractivity contribution in [1.82, 2.24) is 14.7 Å². The first-order chi connectivity index (χ1) is 14.1. The Hall–Kier alpha value is -2.66. The first-order valence-corrected chi connectivity index (χ1v) is 10.5. The number of hydrogen-bond acceptors (Lipinski definition) is 3. The van der Waals surface area contributed by atoms with Gasteiger partial charge in [0.2, 0.25) is 0 Å². The molecule has 5 heteroatoms. The van der Waals surface area contributed by atoms with E-state index in [1.54, 1.807) is 6.20 Å². The second-order valence-electron chi connectivity index (χ2n) is 8.56. The molecule has 1 aliphatic carbocycles. The van der Waals surface area contributed by atoms with Crippen molar-refractivity contribution in [3.8, 4) is 11.1 Å². The van der Waals surface area contributed by atoms with Crippen LogP contribution < -0.4 is 11.1 Å². The Morgan fingerprint density at radius 1 is 1.10 bits per heavy atom. The smallest absolute Gasteiger partial charge is 0.148 e. The largest absolute Gasteiger partial charge is 0.382 e. The van der Waals surface area contributed by atoms with Crippen molar-refractivity contribution in [3.05, 3.63) is 59.8 Å². The van der Waals surface area contributed by atoms with E-state index in [1.807, 2.05) is 18.3 Å². The lowest BCUT2D eigenvalue weighted by Gasteiger charge is -2.40. The van der Waals surface area contributed by atoms with E-state index in [2.05, 4.69) is 27.7 Å². The van der Waals surface area contributed by atoms with Crippen LogP contribution in [0.3, 0.4) is 0 Å². The second-order valence-corrected chi connectivity index (χ2v) is 8.56. The van der Waals surface area contributed by atoms with Crippen LogP contribution in [0.2, 0.25) is 0 Å². The fourth-order valence-electron chi connectivity index (χ4n) is 5.26. The standard InChI is InChI=1S/C24H27FN4/c1-16-20(18-6-8-24(9-7-18)10-12-27-13-11-24)21(17-2-4-19(25)5-3-17)22-23(26)28-14-15-29(16)22/h2-6,14-15,27H,7-13H2,1H3,(H2,26,28). The number of rotatable bonds is 2. The van der Waals surface area contributed by atoms with Crippen molar-refractivity contribution in [1.29, 1.82) is 0 Å². The molecule has 0 amide bonds. The number of nitrogens with zero attached hydrogens (tertiary/aromatic N) is 2. The van der Waals surface area contributed by atoms with E-state index < -0.39 is 0 Å². The number of benzene rings is 1. The average molecular weight is 391 g/mol. The maximum atomic E-state index is 13.6. The summed E-state index contributed by atoms with van der Waals surface area (Å²) >= 11 is 0. The number of aryl methyl sites for hydroxylation is 1. The number of anilines is 1. The summed E-state index contributed by atoms with van der Waals surface area (Å²) < 4.78 is 15.7. The van der Waals surface area contributed by atoms with Gasteiger partial charge in [0.15, 0.2) is 0 Å². The molecule has 3 aromatic rings. The third-order valence-corrected chi connectivity index (χ3v) is 6.95. The Labute approximate surface area is 170 Å². The number of nitrogens with one attached hydrogen (secondary N) is 1. The lowest BCUT2D eigenvalue weighted by molar-refractivity contribution is 0.184. The van der Waals surface area contributed by atoms with Crippen LogP contribution in [0, 0.1) is 18.2 Å². The van der Waals surface area contributed by atoms with Gasteiger partial charge in [-0.05, 0) is 80.8 Å². The third kappa shape index (κ3) is 3.04. The van der Waals surface area contributed by atoms with Crippen molar-refractivity contribution >= 4 is 16.9 Å². The highest BCUT2D eigenvalue weighted by atomic mass is 19.1. The van der Waals surface area contributed by atoms with Crippen LogP contribution in [0.5, 0.6) is 0 Å². The number of nitrogens with two attached hydrogens (primary N) is 1. The predicted molar refractivity (Wildman–Crippen MR) is 116 cm³/mol. The fourth-order valence-corrected chi connectivity index (χ4v) is 5.26. The minimum absolute atomic E-state index is 0.230. The van der Waals surface area contributed by atoms with Crippen LogP contribution >= 0.6 is 0 Å². The molecule has 5 rings (SSSR count). The SMILES string of the molecule is Cc1c(C2=CCC3(CCNCC3)CC2)c(-c2ccc(F)cc2)c2c(N)nccn12. The highest BCUT2D eigenvalue weighted by Crippen LogP contribution is 2.48. The van der Waals surface area contributed by atoms with Gasteiger partial charge in [0, 0.05) is 29.2 Å². The van der Waals surface area contributed by atoms with E-state index in [0.717, 1.165) is 42.6 Å². The average Bonchev–Trinajstić information content (AvgIpc) is 3.04. The molecule has 3 heterocycles. The van der Waals surface area contributed by atoms with E-state index in [0.29, 0.717) is 11.2 Å². The molecular weight excluding hydrogens is 363 g/mol. The molecule has 2 aromatic heterocycles. The Morgan fingerprint density at radius 2 is 1.86 bits per heavy atom. The zero-order valence-corrected chi connectivity index (χ0v) is 16.8. The highest BCUT2D eigenvalue weighted by Gasteiger charge is 2.34. The lowest BCUT2D eigenvalue weighted by atomic mass is 9.68. The molecule has 150 valence electrons. The Balaban J connectivity index is 1.68. The zero-order chi connectivity index (χ0) is 20.0. The number of aromatic nitrogens is 2. The topological polar surface area (TPSA) is 55.3 Å². The van der Waals surface area contributed by atoms with Crippen LogP contribution in [-0.2, 0) is 0 Å². The van der Waals surface area contributed by atoms with Gasteiger partial charge in [-0.3, -0.25) is 0 Å². The quantitative estimate of drug-likeness (QED) is 0.650. The molecule has 0 radical (unpaired) electrons. The van der Waals surface area contributed by atoms with Crippen molar-refractivity contribution in [3.63, 3.8) is 0 Å². The van der Waals surface area contributed by atoms with Crippen LogP contribution in [0.4, 0.5) is 10.2 Å². The molecule has 0 unspecified atom stereocenters. The summed E-state index contributed by atoms with van der Waals surface area (Å²) in [7, 11) is 0. The molecule has 4 nitrogen and oxygen atoms in total. The van der Waals surface area contributed by atoms with E-state index >= 15 is 0 Å². The molecule has 0 atom stereocenters. The van der Waals surface area contributed by atoms with Gasteiger partial charge >= 0.3 is 0 Å². The van der Waals surface area contributed by atoms with Crippen LogP contribution in [0.25, 0.3) is 22.2 Å². The lowest BCUT2D eigenvalue weighted by Crippen LogP contribution is -2.37. The summed E-state index contributed by atoms with van der Waals surface area (Å²) in [5, 5.41) is 3.49. The summed E-state index contributed by atoms with van der Waals surface area (Å²) in [5.41, 5.74) is 13.5. The van der Waals surface area contributed by atoms with Crippen LogP contribution in [-0.4, -0.2) is 22.5 Å². The maximum absolute atomic E-state index is 13.6. The highest BCUT2D eigenvalue weighted by molar-refractivity contribution is 5.97. The first kappa shape index (κ1) is 18.4. The molecule has 0 saturated carbocycles. The third-order valence-electron chi connectivity index (χ3n) is 6.95. The van der Waals surface area contributed by atoms with Crippen molar-refractivity contribution in [2.45, 2.75) is 39.0 Å². The molecule has 1 saturated heterocycles. The number of fused-ring (bicyclic) bond motifs is 1. The van der Waals surface area contributed by atoms with Crippen molar-refractivity contribution in [2.24, 2.45) is 5.41 Å². The summed E-state index contributed by atoms with van der Waals surface area (Å²) in [6, 6.07) is 6.73. The van der Waals surface area contributed by atoms with E-state index in [-0.39, 0.29) is 5.82 Å². The van der Waals surface area contributed by atoms with Gasteiger partial charge < -0.3 is 15.5 Å². The summed E-state index contributed by atoms with van der Waals surface area (Å²) in [6.07, 6.45) is 12.1. The molecule has 3 N–H and O–H groups in total. The van der Waals surface area contributed by atoms with Gasteiger partial charge in [-0.1, -0.05) is 18.2 Å². The normalized spacial score (nSPS) is 18.9. The maximum Gasteiger partial charge on any atom is 0.148 e. The molecule has 0 bridgehead atoms. The number of piperidine rings is 1. The van der Waals surface area contributed by atoms with Crippen LogP contribution in [0.15, 0.2) is 42.7 Å². The van der Waals surface area contributed by atoms with Gasteiger partial charge in [0.25, 0.3) is 0 Å². The molecule has 1 aliphatic heterocycles. The summed E-state index contributed by atoms with van der Waals surface area (Å²) in [4.78, 5) is 4.34. The molecule has 1 aromatic carbocycles. The first-order valence-electron chi connectivity index (χ1n) is 10.5. The fraction of sp³-hybridized carbons (Fsp3) is 0.375. The van der Waals surface area contributed by atoms with Gasteiger partial charge in [0.05, 0.1) is 5.52 Å². The second kappa shape index (κ2) is 6.99. The number of halogens is 1. The monoisotopic (exact) mass is 390 g/mol. The van der Waals surface area contributed by atoms with Gasteiger partial charge in [-0.25, -0.2) is 9.37 Å². The molecule has 29 heavy (non-hydrogen) atoms. The van der Waals surface area contributed by atoms with Gasteiger partial charge in [-0.2, -0.15) is 0 Å². The van der Waals surface area contributed by atoms with Crippen molar-refractivity contribution < 1.29 is 4.39 Å². The Morgan fingerprint density at radius 3 is 2.55 bits per heavy atom. The predicted octanol–water partition coefficient (Wildman–Crippen LogP) is 4.97. The van der Waals surface area contributed by atoms with E-state index in [9.17, 15) is 4.39 Å². The zero-order valence-electron chi connectivity index (χ0n) is 16.8. The molecule has 2 aliphatic rings. The van der Waals surface area contributed by atoms with Crippen LogP contribution in [0.1, 0.15) is 43.4 Å². The van der Waals surface area contributed by atoms with Gasteiger partial charge in [-0.15, -0.1) is 0 Å². The molecule has 1 fully saturated rings. The Bertz CT molecular complexity index is 1090. The number of nitrogen functional groups attached to an aromatic ring is 1. The minimum Gasteiger partial charge on any atom is -0.382 e. The summed E-state index contributed by atoms with van der Waals surface area (Å²) in [5.74, 6) is 0.277. The van der Waals surface area contributed by atoms with Gasteiger partial charge in [0.1, 0.15) is 11.6 Å². The minimum atomic E-state index is -0.230. The van der Waals surface area contributed by atoms with E-state index in [1.165, 1.54) is 48.2 Å². The number of hydrogen-bond donors (Lipinski definition) is 2.